The van der Waals surface area contributed by atoms with Crippen molar-refractivity contribution in [2.75, 3.05) is 6.61 Å². The Hall–Kier alpha value is -3.42. The molecule has 6 nitrogen and oxygen atoms in total. The number of carboxylic acid groups (broad SMARTS) is 1. The van der Waals surface area contributed by atoms with Gasteiger partial charge in [0.25, 0.3) is 0 Å². The van der Waals surface area contributed by atoms with Crippen LogP contribution in [0, 0.1) is 6.92 Å². The number of hydrogen-bond acceptors (Lipinski definition) is 5. The summed E-state index contributed by atoms with van der Waals surface area (Å²) >= 11 is 3.42. The lowest BCUT2D eigenvalue weighted by molar-refractivity contribution is -0.140. The van der Waals surface area contributed by atoms with E-state index in [0.29, 0.717) is 25.5 Å². The van der Waals surface area contributed by atoms with Crippen molar-refractivity contribution < 1.29 is 19.1 Å². The molecule has 1 aromatic heterocycles. The first kappa shape index (κ1) is 25.7. The van der Waals surface area contributed by atoms with Gasteiger partial charge in [0, 0.05) is 28.9 Å². The highest BCUT2D eigenvalue weighted by atomic mass is 79.9. The standard InChI is InChI=1S/C29H29BrN2O4/c1-19(27(29(33)34)31-18-21-8-12-24(30)13-9-21)22-10-14-25(15-11-22)35-17-16-26-20(2)36-28(32-26)23-6-4-3-5-7-23/h3-15,19,27,31H,16-18H2,1-2H3,(H,33,34). The molecule has 0 fully saturated rings. The Morgan fingerprint density at radius 3 is 2.42 bits per heavy atom. The van der Waals surface area contributed by atoms with Crippen LogP contribution >= 0.6 is 15.9 Å². The van der Waals surface area contributed by atoms with Crippen molar-refractivity contribution in [3.63, 3.8) is 0 Å². The van der Waals surface area contributed by atoms with Gasteiger partial charge in [0.15, 0.2) is 0 Å². The molecule has 7 heteroatoms. The molecule has 0 saturated carbocycles. The van der Waals surface area contributed by atoms with Gasteiger partial charge in [-0.3, -0.25) is 10.1 Å². The maximum atomic E-state index is 11.9. The van der Waals surface area contributed by atoms with Crippen LogP contribution < -0.4 is 10.1 Å². The van der Waals surface area contributed by atoms with Gasteiger partial charge >= 0.3 is 5.97 Å². The number of ether oxygens (including phenoxy) is 1. The smallest absolute Gasteiger partial charge is 0.321 e. The maximum absolute atomic E-state index is 11.9. The summed E-state index contributed by atoms with van der Waals surface area (Å²) in [6.45, 7) is 4.77. The minimum absolute atomic E-state index is 0.221. The molecule has 0 saturated heterocycles. The molecular formula is C29H29BrN2O4. The van der Waals surface area contributed by atoms with Crippen molar-refractivity contribution in [3.8, 4) is 17.2 Å². The minimum atomic E-state index is -0.877. The summed E-state index contributed by atoms with van der Waals surface area (Å²) < 4.78 is 12.7. The Labute approximate surface area is 219 Å². The average Bonchev–Trinajstić information content (AvgIpc) is 3.26. The van der Waals surface area contributed by atoms with E-state index in [0.717, 1.165) is 38.4 Å². The fourth-order valence-electron chi connectivity index (χ4n) is 4.00. The zero-order valence-corrected chi connectivity index (χ0v) is 21.9. The van der Waals surface area contributed by atoms with Gasteiger partial charge in [-0.2, -0.15) is 0 Å². The van der Waals surface area contributed by atoms with Gasteiger partial charge in [-0.15, -0.1) is 0 Å². The lowest BCUT2D eigenvalue weighted by Gasteiger charge is -2.22. The Balaban J connectivity index is 1.32. The Kier molecular flexibility index (Phi) is 8.57. The van der Waals surface area contributed by atoms with Crippen LogP contribution in [-0.2, 0) is 17.8 Å². The molecule has 2 atom stereocenters. The van der Waals surface area contributed by atoms with Crippen LogP contribution in [0.4, 0.5) is 0 Å². The van der Waals surface area contributed by atoms with Crippen LogP contribution in [0.3, 0.4) is 0 Å². The van der Waals surface area contributed by atoms with Crippen LogP contribution in [0.1, 0.15) is 35.4 Å². The van der Waals surface area contributed by atoms with Gasteiger partial charge in [0.05, 0.1) is 12.3 Å². The number of rotatable bonds is 11. The second-order valence-electron chi connectivity index (χ2n) is 8.67. The first-order valence-electron chi connectivity index (χ1n) is 11.9. The Bertz CT molecular complexity index is 1270. The van der Waals surface area contributed by atoms with Gasteiger partial charge in [-0.05, 0) is 54.4 Å². The first-order chi connectivity index (χ1) is 17.4. The zero-order valence-electron chi connectivity index (χ0n) is 20.3. The molecule has 0 spiro atoms. The summed E-state index contributed by atoms with van der Waals surface area (Å²) in [5, 5.41) is 13.0. The molecule has 2 unspecified atom stereocenters. The van der Waals surface area contributed by atoms with Crippen molar-refractivity contribution in [1.82, 2.24) is 10.3 Å². The number of aryl methyl sites for hydroxylation is 1. The minimum Gasteiger partial charge on any atom is -0.493 e. The molecule has 2 N–H and O–H groups in total. The number of carboxylic acids is 1. The second-order valence-corrected chi connectivity index (χ2v) is 9.58. The van der Waals surface area contributed by atoms with E-state index in [9.17, 15) is 9.90 Å². The molecule has 3 aromatic carbocycles. The van der Waals surface area contributed by atoms with Crippen molar-refractivity contribution in [1.29, 1.82) is 0 Å². The van der Waals surface area contributed by atoms with E-state index < -0.39 is 12.0 Å². The van der Waals surface area contributed by atoms with Crippen LogP contribution in [-0.4, -0.2) is 28.7 Å². The van der Waals surface area contributed by atoms with Crippen LogP contribution in [0.2, 0.25) is 0 Å². The SMILES string of the molecule is Cc1oc(-c2ccccc2)nc1CCOc1ccc(C(C)C(NCc2ccc(Br)cc2)C(=O)O)cc1. The van der Waals surface area contributed by atoms with Gasteiger partial charge in [0.2, 0.25) is 5.89 Å². The molecule has 0 aliphatic carbocycles. The van der Waals surface area contributed by atoms with Crippen molar-refractivity contribution >= 4 is 21.9 Å². The molecule has 1 heterocycles. The number of halogens is 1. The average molecular weight is 549 g/mol. The first-order valence-corrected chi connectivity index (χ1v) is 12.6. The van der Waals surface area contributed by atoms with Crippen molar-refractivity contribution in [2.45, 2.75) is 38.8 Å². The third-order valence-corrected chi connectivity index (χ3v) is 6.66. The van der Waals surface area contributed by atoms with E-state index in [1.54, 1.807) is 0 Å². The summed E-state index contributed by atoms with van der Waals surface area (Å²) in [5.74, 6) is 1.03. The summed E-state index contributed by atoms with van der Waals surface area (Å²) in [4.78, 5) is 16.6. The number of nitrogens with zero attached hydrogens (tertiary/aromatic N) is 1. The van der Waals surface area contributed by atoms with E-state index in [4.69, 9.17) is 9.15 Å². The van der Waals surface area contributed by atoms with Crippen molar-refractivity contribution in [3.05, 3.63) is 106 Å². The maximum Gasteiger partial charge on any atom is 0.321 e. The third-order valence-electron chi connectivity index (χ3n) is 6.13. The van der Waals surface area contributed by atoms with E-state index >= 15 is 0 Å². The fraction of sp³-hybridized carbons (Fsp3) is 0.241. The summed E-state index contributed by atoms with van der Waals surface area (Å²) in [6, 6.07) is 24.5. The molecule has 0 aliphatic heterocycles. The lowest BCUT2D eigenvalue weighted by atomic mass is 9.93. The second kappa shape index (κ2) is 12.0. The summed E-state index contributed by atoms with van der Waals surface area (Å²) in [5.41, 5.74) is 3.78. The van der Waals surface area contributed by atoms with E-state index in [-0.39, 0.29) is 5.92 Å². The van der Waals surface area contributed by atoms with Crippen molar-refractivity contribution in [2.24, 2.45) is 0 Å². The molecular weight excluding hydrogens is 520 g/mol. The third kappa shape index (κ3) is 6.62. The lowest BCUT2D eigenvalue weighted by Crippen LogP contribution is -2.40. The van der Waals surface area contributed by atoms with Gasteiger partial charge in [-0.1, -0.05) is 65.3 Å². The monoisotopic (exact) mass is 548 g/mol. The predicted molar refractivity (Wildman–Crippen MR) is 143 cm³/mol. The van der Waals surface area contributed by atoms with Crippen LogP contribution in [0.15, 0.2) is 87.8 Å². The number of benzene rings is 3. The molecule has 4 aromatic rings. The summed E-state index contributed by atoms with van der Waals surface area (Å²) in [7, 11) is 0. The number of carbonyl (C=O) groups is 1. The van der Waals surface area contributed by atoms with E-state index in [1.165, 1.54) is 0 Å². The van der Waals surface area contributed by atoms with Gasteiger partial charge < -0.3 is 14.3 Å². The highest BCUT2D eigenvalue weighted by molar-refractivity contribution is 9.10. The van der Waals surface area contributed by atoms with Gasteiger partial charge in [-0.25, -0.2) is 4.98 Å². The highest BCUT2D eigenvalue weighted by Crippen LogP contribution is 2.24. The Morgan fingerprint density at radius 1 is 1.06 bits per heavy atom. The number of hydrogen-bond donors (Lipinski definition) is 2. The molecule has 0 aliphatic rings. The van der Waals surface area contributed by atoms with E-state index in [2.05, 4.69) is 26.2 Å². The normalized spacial score (nSPS) is 12.8. The van der Waals surface area contributed by atoms with Crippen LogP contribution in [0.25, 0.3) is 11.5 Å². The Morgan fingerprint density at radius 2 is 1.75 bits per heavy atom. The van der Waals surface area contributed by atoms with Gasteiger partial charge in [0.1, 0.15) is 17.6 Å². The highest BCUT2D eigenvalue weighted by Gasteiger charge is 2.25. The molecule has 4 rings (SSSR count). The molecule has 0 bridgehead atoms. The number of oxazole rings is 1. The van der Waals surface area contributed by atoms with Crippen LogP contribution in [0.5, 0.6) is 5.75 Å². The topological polar surface area (TPSA) is 84.6 Å². The molecule has 0 radical (unpaired) electrons. The molecule has 186 valence electrons. The number of aromatic nitrogens is 1. The molecule has 36 heavy (non-hydrogen) atoms. The zero-order chi connectivity index (χ0) is 25.5. The number of nitrogens with one attached hydrogen (secondary N) is 1. The largest absolute Gasteiger partial charge is 0.493 e. The van der Waals surface area contributed by atoms with E-state index in [1.807, 2.05) is 92.7 Å². The predicted octanol–water partition coefficient (Wildman–Crippen LogP) is 6.38. The molecule has 0 amide bonds. The fourth-order valence-corrected chi connectivity index (χ4v) is 4.26. The number of aliphatic carboxylic acids is 1. The summed E-state index contributed by atoms with van der Waals surface area (Å²) in [6.07, 6.45) is 0.626. The quantitative estimate of drug-likeness (QED) is 0.226.